The summed E-state index contributed by atoms with van der Waals surface area (Å²) in [5.74, 6) is -0.350. The monoisotopic (exact) mass is 212 g/mol. The van der Waals surface area contributed by atoms with Gasteiger partial charge in [0.2, 0.25) is 0 Å². The molecular formula is C10H9ClO3. The minimum Gasteiger partial charge on any atom is -0.478 e. The summed E-state index contributed by atoms with van der Waals surface area (Å²) in [4.78, 5) is 10.7. The maximum absolute atomic E-state index is 10.7. The first-order valence-corrected chi connectivity index (χ1v) is 4.64. The largest absolute Gasteiger partial charge is 0.478 e. The van der Waals surface area contributed by atoms with E-state index in [1.807, 2.05) is 19.1 Å². The first kappa shape index (κ1) is 9.34. The zero-order valence-corrected chi connectivity index (χ0v) is 8.34. The number of rotatable bonds is 1. The van der Waals surface area contributed by atoms with Crippen LogP contribution in [0.3, 0.4) is 0 Å². The van der Waals surface area contributed by atoms with Crippen molar-refractivity contribution in [2.75, 3.05) is 0 Å². The summed E-state index contributed by atoms with van der Waals surface area (Å²) in [6.45, 7) is 1.89. The van der Waals surface area contributed by atoms with Crippen molar-refractivity contribution in [3.05, 3.63) is 28.3 Å². The first-order valence-electron chi connectivity index (χ1n) is 4.26. The second-order valence-corrected chi connectivity index (χ2v) is 3.78. The molecule has 1 aliphatic rings. The molecule has 0 fully saturated rings. The minimum atomic E-state index is -0.949. The van der Waals surface area contributed by atoms with Gasteiger partial charge in [-0.15, -0.1) is 0 Å². The van der Waals surface area contributed by atoms with Crippen LogP contribution in [-0.2, 0) is 11.2 Å². The van der Waals surface area contributed by atoms with Crippen LogP contribution in [0, 0.1) is 6.92 Å². The quantitative estimate of drug-likeness (QED) is 0.775. The Morgan fingerprint density at radius 2 is 2.36 bits per heavy atom. The number of ether oxygens (including phenoxy) is 1. The third kappa shape index (κ3) is 1.44. The van der Waals surface area contributed by atoms with Gasteiger partial charge in [-0.1, -0.05) is 11.6 Å². The van der Waals surface area contributed by atoms with E-state index in [0.717, 1.165) is 11.1 Å². The van der Waals surface area contributed by atoms with Gasteiger partial charge in [0.25, 0.3) is 0 Å². The molecule has 0 spiro atoms. The van der Waals surface area contributed by atoms with Gasteiger partial charge < -0.3 is 9.84 Å². The molecule has 0 bridgehead atoms. The highest BCUT2D eigenvalue weighted by atomic mass is 35.5. The molecule has 0 aromatic heterocycles. The molecule has 3 nitrogen and oxygen atoms in total. The molecule has 0 aliphatic carbocycles. The second kappa shape index (κ2) is 3.17. The molecule has 1 aromatic carbocycles. The predicted molar refractivity (Wildman–Crippen MR) is 51.9 cm³/mol. The first-order chi connectivity index (χ1) is 6.58. The molecule has 0 saturated carbocycles. The molecule has 1 aliphatic heterocycles. The van der Waals surface area contributed by atoms with E-state index in [1.165, 1.54) is 0 Å². The van der Waals surface area contributed by atoms with Gasteiger partial charge in [-0.3, -0.25) is 0 Å². The number of carboxylic acid groups (broad SMARTS) is 1. The van der Waals surface area contributed by atoms with Crippen LogP contribution in [0.25, 0.3) is 0 Å². The van der Waals surface area contributed by atoms with Gasteiger partial charge in [0.1, 0.15) is 5.75 Å². The number of aryl methyl sites for hydroxylation is 1. The van der Waals surface area contributed by atoms with Crippen LogP contribution in [0.4, 0.5) is 0 Å². The smallest absolute Gasteiger partial charge is 0.345 e. The van der Waals surface area contributed by atoms with E-state index in [4.69, 9.17) is 21.4 Å². The number of benzene rings is 1. The number of hydrogen-bond donors (Lipinski definition) is 1. The van der Waals surface area contributed by atoms with E-state index >= 15 is 0 Å². The number of carboxylic acids is 1. The fraction of sp³-hybridized carbons (Fsp3) is 0.300. The molecular weight excluding hydrogens is 204 g/mol. The van der Waals surface area contributed by atoms with E-state index in [0.29, 0.717) is 17.2 Å². The summed E-state index contributed by atoms with van der Waals surface area (Å²) < 4.78 is 5.25. The van der Waals surface area contributed by atoms with Gasteiger partial charge >= 0.3 is 5.97 Å². The molecule has 0 radical (unpaired) electrons. The van der Waals surface area contributed by atoms with Crippen molar-refractivity contribution in [3.63, 3.8) is 0 Å². The Morgan fingerprint density at radius 1 is 1.64 bits per heavy atom. The van der Waals surface area contributed by atoms with Crippen LogP contribution in [0.15, 0.2) is 12.1 Å². The molecule has 4 heteroatoms. The van der Waals surface area contributed by atoms with Crippen LogP contribution >= 0.6 is 11.6 Å². The number of aliphatic carboxylic acids is 1. The summed E-state index contributed by atoms with van der Waals surface area (Å²) >= 11 is 5.97. The summed E-state index contributed by atoms with van der Waals surface area (Å²) in [5, 5.41) is 9.36. The van der Waals surface area contributed by atoms with Gasteiger partial charge in [-0.2, -0.15) is 0 Å². The molecule has 1 atom stereocenters. The zero-order chi connectivity index (χ0) is 10.3. The highest BCUT2D eigenvalue weighted by molar-refractivity contribution is 6.31. The van der Waals surface area contributed by atoms with Crippen molar-refractivity contribution >= 4 is 17.6 Å². The van der Waals surface area contributed by atoms with Crippen molar-refractivity contribution < 1.29 is 14.6 Å². The fourth-order valence-electron chi connectivity index (χ4n) is 1.56. The molecule has 1 unspecified atom stereocenters. The standard InChI is InChI=1S/C10H9ClO3/c1-5-2-7(11)6-4-9(10(12)13)14-8(6)3-5/h2-3,9H,4H2,1H3,(H,12,13). The van der Waals surface area contributed by atoms with Gasteiger partial charge in [0.05, 0.1) is 0 Å². The average Bonchev–Trinajstić information content (AvgIpc) is 2.47. The average molecular weight is 213 g/mol. The molecule has 0 saturated heterocycles. The Labute approximate surface area is 86.3 Å². The summed E-state index contributed by atoms with van der Waals surface area (Å²) in [7, 11) is 0. The van der Waals surface area contributed by atoms with Crippen LogP contribution in [-0.4, -0.2) is 17.2 Å². The molecule has 74 valence electrons. The second-order valence-electron chi connectivity index (χ2n) is 3.37. The van der Waals surface area contributed by atoms with Crippen LogP contribution < -0.4 is 4.74 Å². The lowest BCUT2D eigenvalue weighted by Crippen LogP contribution is -2.24. The van der Waals surface area contributed by atoms with Crippen molar-refractivity contribution in [3.8, 4) is 5.75 Å². The fourth-order valence-corrected chi connectivity index (χ4v) is 1.90. The Bertz CT molecular complexity index is 401. The third-order valence-corrected chi connectivity index (χ3v) is 2.57. The van der Waals surface area contributed by atoms with E-state index in [9.17, 15) is 4.79 Å². The normalized spacial score (nSPS) is 18.9. The Morgan fingerprint density at radius 3 is 3.00 bits per heavy atom. The summed E-state index contributed by atoms with van der Waals surface area (Å²) in [5.41, 5.74) is 1.77. The summed E-state index contributed by atoms with van der Waals surface area (Å²) in [6, 6.07) is 3.62. The Balaban J connectivity index is 2.39. The Kier molecular flexibility index (Phi) is 2.11. The number of halogens is 1. The molecule has 0 amide bonds. The van der Waals surface area contributed by atoms with E-state index in [-0.39, 0.29) is 0 Å². The zero-order valence-electron chi connectivity index (χ0n) is 7.58. The number of carbonyl (C=O) groups is 1. The number of fused-ring (bicyclic) bond motifs is 1. The van der Waals surface area contributed by atoms with E-state index < -0.39 is 12.1 Å². The molecule has 14 heavy (non-hydrogen) atoms. The van der Waals surface area contributed by atoms with Crippen LogP contribution in [0.2, 0.25) is 5.02 Å². The predicted octanol–water partition coefficient (Wildman–Crippen LogP) is 2.04. The maximum atomic E-state index is 10.7. The lowest BCUT2D eigenvalue weighted by molar-refractivity contribution is -0.144. The topological polar surface area (TPSA) is 46.5 Å². The number of hydrogen-bond acceptors (Lipinski definition) is 2. The van der Waals surface area contributed by atoms with E-state index in [2.05, 4.69) is 0 Å². The maximum Gasteiger partial charge on any atom is 0.345 e. The minimum absolute atomic E-state index is 0.351. The van der Waals surface area contributed by atoms with E-state index in [1.54, 1.807) is 0 Å². The third-order valence-electron chi connectivity index (χ3n) is 2.23. The van der Waals surface area contributed by atoms with Crippen LogP contribution in [0.1, 0.15) is 11.1 Å². The highest BCUT2D eigenvalue weighted by Gasteiger charge is 2.30. The van der Waals surface area contributed by atoms with Crippen molar-refractivity contribution in [1.82, 2.24) is 0 Å². The summed E-state index contributed by atoms with van der Waals surface area (Å²) in [6.07, 6.45) is -0.437. The molecule has 2 rings (SSSR count). The Hall–Kier alpha value is -1.22. The molecule has 1 heterocycles. The molecule has 1 N–H and O–H groups in total. The SMILES string of the molecule is Cc1cc(Cl)c2c(c1)OC(C(=O)O)C2. The lowest BCUT2D eigenvalue weighted by atomic mass is 10.1. The van der Waals surface area contributed by atoms with Gasteiger partial charge in [-0.05, 0) is 24.6 Å². The van der Waals surface area contributed by atoms with Gasteiger partial charge in [0.15, 0.2) is 6.10 Å². The van der Waals surface area contributed by atoms with Crippen molar-refractivity contribution in [2.45, 2.75) is 19.4 Å². The lowest BCUT2D eigenvalue weighted by Gasteiger charge is -2.04. The van der Waals surface area contributed by atoms with Gasteiger partial charge in [-0.25, -0.2) is 4.79 Å². The van der Waals surface area contributed by atoms with Gasteiger partial charge in [0, 0.05) is 17.0 Å². The van der Waals surface area contributed by atoms with Crippen molar-refractivity contribution in [2.24, 2.45) is 0 Å². The van der Waals surface area contributed by atoms with Crippen LogP contribution in [0.5, 0.6) is 5.75 Å². The van der Waals surface area contributed by atoms with Crippen molar-refractivity contribution in [1.29, 1.82) is 0 Å². The highest BCUT2D eigenvalue weighted by Crippen LogP contribution is 2.35. The molecule has 1 aromatic rings.